The third-order valence-corrected chi connectivity index (χ3v) is 5.99. The Hall–Kier alpha value is -2.34. The summed E-state index contributed by atoms with van der Waals surface area (Å²) in [5.41, 5.74) is 2.32. The molecule has 2 aromatic rings. The number of rotatable bonds is 10. The maximum atomic E-state index is 13.2. The number of carbonyl (C=O) groups is 2. The van der Waals surface area contributed by atoms with E-state index in [2.05, 4.69) is 42.0 Å². The first-order chi connectivity index (χ1) is 15.2. The topological polar surface area (TPSA) is 58.6 Å². The van der Waals surface area contributed by atoms with Crippen LogP contribution in [0.3, 0.4) is 0 Å². The van der Waals surface area contributed by atoms with Gasteiger partial charge in [-0.1, -0.05) is 64.1 Å². The van der Waals surface area contributed by atoms with Crippen LogP contribution >= 0.6 is 15.9 Å². The van der Waals surface area contributed by atoms with Gasteiger partial charge in [-0.2, -0.15) is 0 Å². The first kappa shape index (κ1) is 25.9. The van der Waals surface area contributed by atoms with Gasteiger partial charge in [0.2, 0.25) is 5.91 Å². The number of carbonyl (C=O) groups excluding carboxylic acids is 2. The molecule has 0 aliphatic carbocycles. The highest BCUT2D eigenvalue weighted by atomic mass is 79.9. The number of hydrogen-bond donors (Lipinski definition) is 1. The molecule has 0 fully saturated rings. The molecule has 6 heteroatoms. The molecule has 2 aromatic carbocycles. The van der Waals surface area contributed by atoms with Crippen molar-refractivity contribution in [3.8, 4) is 5.75 Å². The molecule has 0 radical (unpaired) electrons. The van der Waals surface area contributed by atoms with Gasteiger partial charge in [0.15, 0.2) is 6.61 Å². The molecule has 0 saturated carbocycles. The van der Waals surface area contributed by atoms with E-state index in [0.29, 0.717) is 31.7 Å². The van der Waals surface area contributed by atoms with E-state index in [1.165, 1.54) is 5.56 Å². The van der Waals surface area contributed by atoms with Crippen LogP contribution in [0.15, 0.2) is 53.0 Å². The quantitative estimate of drug-likeness (QED) is 0.490. The van der Waals surface area contributed by atoms with Crippen molar-refractivity contribution in [2.75, 3.05) is 19.7 Å². The Bertz CT molecular complexity index is 894. The fourth-order valence-electron chi connectivity index (χ4n) is 3.49. The monoisotopic (exact) mass is 502 g/mol. The van der Waals surface area contributed by atoms with E-state index in [-0.39, 0.29) is 23.8 Å². The molecule has 0 heterocycles. The number of likely N-dealkylation sites (N-methyl/N-ethyl adjacent to an activating group) is 1. The minimum absolute atomic E-state index is 0.0199. The standard InChI is InChI=1S/C26H35BrN2O3/c1-6-22(25(31)28-7-2)29(16-15-19-11-9-8-10-12-19)24(30)18-32-23-14-13-20(17-21(23)27)26(3,4)5/h8-14,17,22H,6-7,15-16,18H2,1-5H3,(H,28,31)/t22-/m0/s1. The summed E-state index contributed by atoms with van der Waals surface area (Å²) in [7, 11) is 0. The Kier molecular flexibility index (Phi) is 9.76. The van der Waals surface area contributed by atoms with Crippen LogP contribution in [0.1, 0.15) is 52.2 Å². The van der Waals surface area contributed by atoms with Crippen LogP contribution in [0.25, 0.3) is 0 Å². The zero-order chi connectivity index (χ0) is 23.7. The van der Waals surface area contributed by atoms with Gasteiger partial charge in [-0.3, -0.25) is 9.59 Å². The summed E-state index contributed by atoms with van der Waals surface area (Å²) >= 11 is 3.56. The summed E-state index contributed by atoms with van der Waals surface area (Å²) in [6.07, 6.45) is 1.21. The van der Waals surface area contributed by atoms with Crippen molar-refractivity contribution in [3.63, 3.8) is 0 Å². The van der Waals surface area contributed by atoms with Gasteiger partial charge in [0.1, 0.15) is 11.8 Å². The van der Waals surface area contributed by atoms with Crippen molar-refractivity contribution in [1.29, 1.82) is 0 Å². The Labute approximate surface area is 200 Å². The third-order valence-electron chi connectivity index (χ3n) is 5.37. The lowest BCUT2D eigenvalue weighted by Crippen LogP contribution is -2.51. The van der Waals surface area contributed by atoms with E-state index in [9.17, 15) is 9.59 Å². The number of halogens is 1. The normalized spacial score (nSPS) is 12.2. The van der Waals surface area contributed by atoms with Gasteiger partial charge in [0, 0.05) is 13.1 Å². The summed E-state index contributed by atoms with van der Waals surface area (Å²) in [4.78, 5) is 27.5. The Morgan fingerprint density at radius 3 is 2.34 bits per heavy atom. The summed E-state index contributed by atoms with van der Waals surface area (Å²) in [6, 6.07) is 15.4. The van der Waals surface area contributed by atoms with E-state index in [1.54, 1.807) is 4.90 Å². The molecule has 5 nitrogen and oxygen atoms in total. The predicted molar refractivity (Wildman–Crippen MR) is 133 cm³/mol. The molecule has 0 saturated heterocycles. The second-order valence-corrected chi connectivity index (χ2v) is 9.68. The molecule has 32 heavy (non-hydrogen) atoms. The van der Waals surface area contributed by atoms with Crippen LogP contribution in [0.4, 0.5) is 0 Å². The zero-order valence-corrected chi connectivity index (χ0v) is 21.4. The average molecular weight is 503 g/mol. The molecule has 1 N–H and O–H groups in total. The molecular weight excluding hydrogens is 468 g/mol. The first-order valence-corrected chi connectivity index (χ1v) is 12.0. The molecule has 174 valence electrons. The minimum Gasteiger partial charge on any atom is -0.483 e. The third kappa shape index (κ3) is 7.37. The number of hydrogen-bond acceptors (Lipinski definition) is 3. The fourth-order valence-corrected chi connectivity index (χ4v) is 3.99. The van der Waals surface area contributed by atoms with Crippen LogP contribution < -0.4 is 10.1 Å². The highest BCUT2D eigenvalue weighted by Gasteiger charge is 2.28. The van der Waals surface area contributed by atoms with Crippen molar-refractivity contribution >= 4 is 27.7 Å². The molecule has 1 atom stereocenters. The van der Waals surface area contributed by atoms with Crippen LogP contribution in [-0.4, -0.2) is 42.5 Å². The number of amides is 2. The van der Waals surface area contributed by atoms with E-state index in [4.69, 9.17) is 4.74 Å². The second kappa shape index (κ2) is 12.0. The van der Waals surface area contributed by atoms with E-state index < -0.39 is 6.04 Å². The number of benzene rings is 2. The largest absolute Gasteiger partial charge is 0.483 e. The summed E-state index contributed by atoms with van der Waals surface area (Å²) in [6.45, 7) is 11.1. The van der Waals surface area contributed by atoms with Crippen molar-refractivity contribution in [1.82, 2.24) is 10.2 Å². The molecule has 0 bridgehead atoms. The predicted octanol–water partition coefficient (Wildman–Crippen LogP) is 5.11. The molecule has 0 spiro atoms. The van der Waals surface area contributed by atoms with E-state index >= 15 is 0 Å². The molecule has 0 aliphatic heterocycles. The smallest absolute Gasteiger partial charge is 0.261 e. The SMILES string of the molecule is CCNC(=O)[C@H](CC)N(CCc1ccccc1)C(=O)COc1ccc(C(C)(C)C)cc1Br. The maximum absolute atomic E-state index is 13.2. The second-order valence-electron chi connectivity index (χ2n) is 8.83. The average Bonchev–Trinajstić information content (AvgIpc) is 2.75. The van der Waals surface area contributed by atoms with Crippen LogP contribution in [0.5, 0.6) is 5.75 Å². The lowest BCUT2D eigenvalue weighted by molar-refractivity contribution is -0.142. The molecule has 0 aromatic heterocycles. The number of nitrogens with zero attached hydrogens (tertiary/aromatic N) is 1. The highest BCUT2D eigenvalue weighted by molar-refractivity contribution is 9.10. The van der Waals surface area contributed by atoms with Gasteiger partial charge in [-0.25, -0.2) is 0 Å². The van der Waals surface area contributed by atoms with Crippen LogP contribution in [-0.2, 0) is 21.4 Å². The summed E-state index contributed by atoms with van der Waals surface area (Å²) in [5.74, 6) is 0.276. The Balaban J connectivity index is 2.15. The van der Waals surface area contributed by atoms with Gasteiger partial charge in [-0.15, -0.1) is 0 Å². The van der Waals surface area contributed by atoms with E-state index in [0.717, 1.165) is 10.0 Å². The van der Waals surface area contributed by atoms with Gasteiger partial charge >= 0.3 is 0 Å². The van der Waals surface area contributed by atoms with E-state index in [1.807, 2.05) is 62.4 Å². The molecule has 0 aliphatic rings. The van der Waals surface area contributed by atoms with Gasteiger partial charge < -0.3 is 15.0 Å². The Morgan fingerprint density at radius 1 is 1.09 bits per heavy atom. The van der Waals surface area contributed by atoms with Crippen LogP contribution in [0, 0.1) is 0 Å². The first-order valence-electron chi connectivity index (χ1n) is 11.2. The van der Waals surface area contributed by atoms with Gasteiger partial charge in [0.25, 0.3) is 5.91 Å². The molecule has 0 unspecified atom stereocenters. The van der Waals surface area contributed by atoms with Crippen LogP contribution in [0.2, 0.25) is 0 Å². The van der Waals surface area contributed by atoms with Gasteiger partial charge in [-0.05, 0) is 64.4 Å². The van der Waals surface area contributed by atoms with Gasteiger partial charge in [0.05, 0.1) is 4.47 Å². The maximum Gasteiger partial charge on any atom is 0.261 e. The number of nitrogens with one attached hydrogen (secondary N) is 1. The van der Waals surface area contributed by atoms with Crippen molar-refractivity contribution in [2.45, 2.75) is 58.9 Å². The lowest BCUT2D eigenvalue weighted by Gasteiger charge is -2.30. The summed E-state index contributed by atoms with van der Waals surface area (Å²) in [5, 5.41) is 2.85. The minimum atomic E-state index is -0.526. The molecular formula is C26H35BrN2O3. The Morgan fingerprint density at radius 2 is 1.78 bits per heavy atom. The van der Waals surface area contributed by atoms with Crippen molar-refractivity contribution in [2.24, 2.45) is 0 Å². The highest BCUT2D eigenvalue weighted by Crippen LogP contribution is 2.31. The van der Waals surface area contributed by atoms with Crippen molar-refractivity contribution in [3.05, 3.63) is 64.1 Å². The zero-order valence-electron chi connectivity index (χ0n) is 19.8. The lowest BCUT2D eigenvalue weighted by atomic mass is 9.87. The molecule has 2 amide bonds. The van der Waals surface area contributed by atoms with Crippen molar-refractivity contribution < 1.29 is 14.3 Å². The fraction of sp³-hybridized carbons (Fsp3) is 0.462. The summed E-state index contributed by atoms with van der Waals surface area (Å²) < 4.78 is 6.67. The number of ether oxygens (including phenoxy) is 1. The molecule has 2 rings (SSSR count).